The summed E-state index contributed by atoms with van der Waals surface area (Å²) in [5.41, 5.74) is -0.736. The fourth-order valence-corrected chi connectivity index (χ4v) is 2.10. The van der Waals surface area contributed by atoms with Crippen LogP contribution in [0, 0.1) is 10.1 Å². The number of hydrogen-bond donors (Lipinski definition) is 2. The zero-order valence-corrected chi connectivity index (χ0v) is 14.7. The van der Waals surface area contributed by atoms with Gasteiger partial charge in [0.25, 0.3) is 11.5 Å². The summed E-state index contributed by atoms with van der Waals surface area (Å²) in [6.07, 6.45) is 0.200. The second-order valence-electron chi connectivity index (χ2n) is 5.72. The van der Waals surface area contributed by atoms with E-state index in [1.54, 1.807) is 6.92 Å². The molecule has 1 fully saturated rings. The van der Waals surface area contributed by atoms with Crippen molar-refractivity contribution in [1.82, 2.24) is 0 Å². The summed E-state index contributed by atoms with van der Waals surface area (Å²) in [5, 5.41) is 16.1. The van der Waals surface area contributed by atoms with E-state index in [-0.39, 0.29) is 18.0 Å². The first-order valence-electron chi connectivity index (χ1n) is 7.78. The van der Waals surface area contributed by atoms with Gasteiger partial charge in [-0.1, -0.05) is 0 Å². The first-order valence-corrected chi connectivity index (χ1v) is 7.78. The molecule has 0 aromatic heterocycles. The number of anilines is 2. The molecule has 0 radical (unpaired) electrons. The lowest BCUT2D eigenvalue weighted by Crippen LogP contribution is -2.42. The number of benzene rings is 1. The van der Waals surface area contributed by atoms with Gasteiger partial charge in [0.2, 0.25) is 0 Å². The number of nitrogens with zero attached hydrogens (tertiary/aromatic N) is 1. The summed E-state index contributed by atoms with van der Waals surface area (Å²) in [6, 6.07) is 3.77. The molecule has 0 aliphatic carbocycles. The molecule has 1 aliphatic rings. The zero-order chi connectivity index (χ0) is 20.2. The highest BCUT2D eigenvalue weighted by Crippen LogP contribution is 2.29. The molecule has 1 aromatic rings. The van der Waals surface area contributed by atoms with Gasteiger partial charge in [-0.2, -0.15) is 0 Å². The van der Waals surface area contributed by atoms with Crippen molar-refractivity contribution in [3.8, 4) is 0 Å². The zero-order valence-electron chi connectivity index (χ0n) is 14.7. The second-order valence-corrected chi connectivity index (χ2v) is 5.72. The highest BCUT2D eigenvalue weighted by Gasteiger charge is 2.39. The number of carbonyl (C=O) groups is 3. The molecule has 1 amide bonds. The van der Waals surface area contributed by atoms with E-state index < -0.39 is 40.0 Å². The molecule has 2 rings (SSSR count). The molecule has 0 unspecified atom stereocenters. The maximum absolute atomic E-state index is 11.9. The van der Waals surface area contributed by atoms with Crippen LogP contribution >= 0.6 is 0 Å². The number of amides is 1. The van der Waals surface area contributed by atoms with Crippen LogP contribution in [0.4, 0.5) is 21.9 Å². The highest BCUT2D eigenvalue weighted by atomic mass is 16.7. The van der Waals surface area contributed by atoms with Crippen molar-refractivity contribution in [2.45, 2.75) is 26.6 Å². The largest absolute Gasteiger partial charge is 0.450 e. The number of esters is 2. The van der Waals surface area contributed by atoms with Crippen LogP contribution in [-0.4, -0.2) is 35.3 Å². The minimum atomic E-state index is -1.39. The van der Waals surface area contributed by atoms with Gasteiger partial charge >= 0.3 is 18.0 Å². The number of cyclic esters (lactones) is 2. The Hall–Kier alpha value is -3.63. The normalized spacial score (nSPS) is 15.3. The predicted octanol–water partition coefficient (Wildman–Crippen LogP) is 2.30. The summed E-state index contributed by atoms with van der Waals surface area (Å²) in [4.78, 5) is 45.7. The molecule has 144 valence electrons. The van der Waals surface area contributed by atoms with Crippen LogP contribution in [0.1, 0.15) is 20.8 Å². The minimum Gasteiger partial charge on any atom is -0.450 e. The SMILES string of the molecule is CCOC(=O)Nc1ccc(NC=C2C(=O)OC(C)(C)OC2=O)c([N+](=O)[O-])c1. The van der Waals surface area contributed by atoms with Gasteiger partial charge in [0.15, 0.2) is 5.57 Å². The first-order chi connectivity index (χ1) is 12.6. The number of carbonyl (C=O) groups excluding carboxylic acids is 3. The molecule has 0 bridgehead atoms. The van der Waals surface area contributed by atoms with Crippen LogP contribution in [0.5, 0.6) is 0 Å². The monoisotopic (exact) mass is 379 g/mol. The third-order valence-corrected chi connectivity index (χ3v) is 3.21. The van der Waals surface area contributed by atoms with Gasteiger partial charge in [-0.3, -0.25) is 15.4 Å². The van der Waals surface area contributed by atoms with E-state index in [2.05, 4.69) is 10.6 Å². The molecular weight excluding hydrogens is 362 g/mol. The van der Waals surface area contributed by atoms with Crippen molar-refractivity contribution in [2.24, 2.45) is 0 Å². The number of hydrogen-bond acceptors (Lipinski definition) is 9. The summed E-state index contributed by atoms with van der Waals surface area (Å²) in [7, 11) is 0. The van der Waals surface area contributed by atoms with Gasteiger partial charge in [0.05, 0.1) is 17.2 Å². The molecular formula is C16H17N3O8. The van der Waals surface area contributed by atoms with E-state index in [9.17, 15) is 24.5 Å². The molecule has 11 nitrogen and oxygen atoms in total. The number of nitrogens with one attached hydrogen (secondary N) is 2. The predicted molar refractivity (Wildman–Crippen MR) is 91.7 cm³/mol. The number of rotatable bonds is 5. The maximum atomic E-state index is 11.9. The molecule has 27 heavy (non-hydrogen) atoms. The van der Waals surface area contributed by atoms with Crippen LogP contribution in [-0.2, 0) is 23.8 Å². The van der Waals surface area contributed by atoms with E-state index in [4.69, 9.17) is 14.2 Å². The van der Waals surface area contributed by atoms with E-state index in [1.165, 1.54) is 26.0 Å². The Labute approximate surface area is 153 Å². The quantitative estimate of drug-likeness (QED) is 0.258. The average Bonchev–Trinajstić information content (AvgIpc) is 2.54. The number of nitro groups is 1. The third kappa shape index (κ3) is 4.93. The minimum absolute atomic E-state index is 0.0210. The lowest BCUT2D eigenvalue weighted by molar-refractivity contribution is -0.383. The van der Waals surface area contributed by atoms with E-state index in [1.807, 2.05) is 0 Å². The smallest absolute Gasteiger partial charge is 0.411 e. The molecule has 1 saturated heterocycles. The van der Waals surface area contributed by atoms with Crippen molar-refractivity contribution < 1.29 is 33.5 Å². The third-order valence-electron chi connectivity index (χ3n) is 3.21. The number of nitro benzene ring substituents is 1. The highest BCUT2D eigenvalue weighted by molar-refractivity contribution is 6.15. The molecule has 1 aliphatic heterocycles. The topological polar surface area (TPSA) is 146 Å². The molecule has 2 N–H and O–H groups in total. The van der Waals surface area contributed by atoms with E-state index in [0.717, 1.165) is 12.3 Å². The molecule has 1 aromatic carbocycles. The van der Waals surface area contributed by atoms with Crippen LogP contribution < -0.4 is 10.6 Å². The summed E-state index contributed by atoms with van der Waals surface area (Å²) >= 11 is 0. The lowest BCUT2D eigenvalue weighted by Gasteiger charge is -2.29. The molecule has 11 heteroatoms. The standard InChI is InChI=1S/C16H17N3O8/c1-4-25-15(22)18-9-5-6-11(12(7-9)19(23)24)17-8-10-13(20)26-16(2,3)27-14(10)21/h5-8,17H,4H2,1-3H3,(H,18,22). The van der Waals surface area contributed by atoms with Crippen molar-refractivity contribution >= 4 is 35.1 Å². The van der Waals surface area contributed by atoms with Crippen molar-refractivity contribution in [3.05, 3.63) is 40.1 Å². The van der Waals surface area contributed by atoms with Gasteiger partial charge in [-0.25, -0.2) is 14.4 Å². The molecule has 1 heterocycles. The Morgan fingerprint density at radius 3 is 2.48 bits per heavy atom. The van der Waals surface area contributed by atoms with Crippen LogP contribution in [0.15, 0.2) is 30.0 Å². The Morgan fingerprint density at radius 1 is 1.30 bits per heavy atom. The summed E-state index contributed by atoms with van der Waals surface area (Å²) < 4.78 is 14.5. The van der Waals surface area contributed by atoms with Gasteiger partial charge in [0, 0.05) is 26.1 Å². The van der Waals surface area contributed by atoms with E-state index in [0.29, 0.717) is 0 Å². The van der Waals surface area contributed by atoms with Crippen molar-refractivity contribution in [2.75, 3.05) is 17.2 Å². The number of ether oxygens (including phenoxy) is 3. The van der Waals surface area contributed by atoms with Crippen molar-refractivity contribution in [1.29, 1.82) is 0 Å². The molecule has 0 saturated carbocycles. The van der Waals surface area contributed by atoms with Crippen molar-refractivity contribution in [3.63, 3.8) is 0 Å². The molecule has 0 atom stereocenters. The maximum Gasteiger partial charge on any atom is 0.411 e. The summed E-state index contributed by atoms with van der Waals surface area (Å²) in [6.45, 7) is 4.55. The van der Waals surface area contributed by atoms with Crippen LogP contribution in [0.3, 0.4) is 0 Å². The van der Waals surface area contributed by atoms with Gasteiger partial charge < -0.3 is 19.5 Å². The average molecular weight is 379 g/mol. The Kier molecular flexibility index (Phi) is 5.63. The fourth-order valence-electron chi connectivity index (χ4n) is 2.10. The van der Waals surface area contributed by atoms with Crippen LogP contribution in [0.25, 0.3) is 0 Å². The van der Waals surface area contributed by atoms with Gasteiger partial charge in [-0.15, -0.1) is 0 Å². The van der Waals surface area contributed by atoms with Gasteiger partial charge in [0.1, 0.15) is 5.69 Å². The first kappa shape index (κ1) is 19.7. The fraction of sp³-hybridized carbons (Fsp3) is 0.312. The molecule has 0 spiro atoms. The van der Waals surface area contributed by atoms with Crippen LogP contribution in [0.2, 0.25) is 0 Å². The summed E-state index contributed by atoms with van der Waals surface area (Å²) in [5.74, 6) is -3.24. The van der Waals surface area contributed by atoms with E-state index >= 15 is 0 Å². The Bertz CT molecular complexity index is 809. The Balaban J connectivity index is 2.23. The Morgan fingerprint density at radius 2 is 1.93 bits per heavy atom. The lowest BCUT2D eigenvalue weighted by atomic mass is 10.2. The van der Waals surface area contributed by atoms with Gasteiger partial charge in [-0.05, 0) is 19.1 Å². The second kappa shape index (κ2) is 7.72.